The summed E-state index contributed by atoms with van der Waals surface area (Å²) in [6, 6.07) is 8.96. The number of nitrogens with two attached hydrogens (primary N) is 1. The molecule has 0 aromatic heterocycles. The normalized spacial score (nSPS) is 10.4. The predicted octanol–water partition coefficient (Wildman–Crippen LogP) is 3.69. The first-order valence-electron chi connectivity index (χ1n) is 5.81. The first kappa shape index (κ1) is 12.3. The summed E-state index contributed by atoms with van der Waals surface area (Å²) >= 11 is 0. The average Bonchev–Trinajstić information content (AvgIpc) is 2.28. The molecule has 0 saturated heterocycles. The van der Waals surface area contributed by atoms with Gasteiger partial charge in [0.1, 0.15) is 17.2 Å². The standard InChI is InChI=1S/C15H17NO2/c1-9-8-13(4-5-14(9)17)18-15-10(2)6-12(16)7-11(15)3/h4-8,17H,16H2,1-3H3. The number of phenolic OH excluding ortho intramolecular Hbond substituents is 1. The third-order valence-corrected chi connectivity index (χ3v) is 2.87. The lowest BCUT2D eigenvalue weighted by molar-refractivity contribution is 0.458. The Kier molecular flexibility index (Phi) is 3.15. The topological polar surface area (TPSA) is 55.5 Å². The highest BCUT2D eigenvalue weighted by molar-refractivity contribution is 5.54. The van der Waals surface area contributed by atoms with Crippen LogP contribution in [0.3, 0.4) is 0 Å². The number of aryl methyl sites for hydroxylation is 3. The van der Waals surface area contributed by atoms with E-state index in [-0.39, 0.29) is 5.75 Å². The summed E-state index contributed by atoms with van der Waals surface area (Å²) < 4.78 is 5.86. The Morgan fingerprint density at radius 3 is 2.11 bits per heavy atom. The fourth-order valence-corrected chi connectivity index (χ4v) is 1.95. The number of hydrogen-bond acceptors (Lipinski definition) is 3. The maximum absolute atomic E-state index is 9.48. The monoisotopic (exact) mass is 243 g/mol. The second kappa shape index (κ2) is 4.61. The van der Waals surface area contributed by atoms with E-state index in [1.807, 2.05) is 39.0 Å². The first-order chi connectivity index (χ1) is 8.47. The van der Waals surface area contributed by atoms with Crippen molar-refractivity contribution in [1.29, 1.82) is 0 Å². The minimum absolute atomic E-state index is 0.271. The van der Waals surface area contributed by atoms with E-state index in [2.05, 4.69) is 0 Å². The molecule has 0 fully saturated rings. The fourth-order valence-electron chi connectivity index (χ4n) is 1.95. The van der Waals surface area contributed by atoms with Crippen molar-refractivity contribution in [2.24, 2.45) is 0 Å². The number of benzene rings is 2. The molecule has 0 unspecified atom stereocenters. The highest BCUT2D eigenvalue weighted by atomic mass is 16.5. The Labute approximate surface area is 107 Å². The Bertz CT molecular complexity index is 568. The van der Waals surface area contributed by atoms with Gasteiger partial charge in [-0.15, -0.1) is 0 Å². The molecule has 94 valence electrons. The second-order valence-corrected chi connectivity index (χ2v) is 4.53. The molecule has 0 bridgehead atoms. The molecular weight excluding hydrogens is 226 g/mol. The van der Waals surface area contributed by atoms with Gasteiger partial charge in [0.2, 0.25) is 0 Å². The summed E-state index contributed by atoms with van der Waals surface area (Å²) in [5.41, 5.74) is 9.30. The van der Waals surface area contributed by atoms with E-state index >= 15 is 0 Å². The molecule has 0 aliphatic heterocycles. The van der Waals surface area contributed by atoms with Gasteiger partial charge in [0, 0.05) is 5.69 Å². The minimum atomic E-state index is 0.271. The van der Waals surface area contributed by atoms with E-state index in [9.17, 15) is 5.11 Å². The van der Waals surface area contributed by atoms with Crippen molar-refractivity contribution < 1.29 is 9.84 Å². The van der Waals surface area contributed by atoms with Crippen LogP contribution in [0.2, 0.25) is 0 Å². The summed E-state index contributed by atoms with van der Waals surface area (Å²) in [7, 11) is 0. The van der Waals surface area contributed by atoms with E-state index in [1.165, 1.54) is 0 Å². The van der Waals surface area contributed by atoms with Gasteiger partial charge in [-0.3, -0.25) is 0 Å². The molecule has 2 aromatic carbocycles. The van der Waals surface area contributed by atoms with Gasteiger partial charge >= 0.3 is 0 Å². The van der Waals surface area contributed by atoms with Crippen LogP contribution in [0.1, 0.15) is 16.7 Å². The number of ether oxygens (including phenoxy) is 1. The van der Waals surface area contributed by atoms with Crippen LogP contribution in [0.15, 0.2) is 30.3 Å². The molecule has 3 nitrogen and oxygen atoms in total. The number of aromatic hydroxyl groups is 1. The maximum Gasteiger partial charge on any atom is 0.133 e. The van der Waals surface area contributed by atoms with Crippen molar-refractivity contribution >= 4 is 5.69 Å². The first-order valence-corrected chi connectivity index (χ1v) is 5.81. The molecule has 0 atom stereocenters. The average molecular weight is 243 g/mol. The van der Waals surface area contributed by atoms with Gasteiger partial charge in [-0.1, -0.05) is 0 Å². The lowest BCUT2D eigenvalue weighted by atomic mass is 10.1. The summed E-state index contributed by atoms with van der Waals surface area (Å²) in [4.78, 5) is 0. The van der Waals surface area contributed by atoms with Crippen LogP contribution in [0.25, 0.3) is 0 Å². The van der Waals surface area contributed by atoms with Gasteiger partial charge in [-0.2, -0.15) is 0 Å². The molecule has 0 amide bonds. The number of anilines is 1. The smallest absolute Gasteiger partial charge is 0.133 e. The number of phenols is 1. The molecule has 0 heterocycles. The lowest BCUT2D eigenvalue weighted by Crippen LogP contribution is -1.94. The Hall–Kier alpha value is -2.16. The molecule has 3 heteroatoms. The molecule has 0 aliphatic rings. The SMILES string of the molecule is Cc1cc(Oc2c(C)cc(N)cc2C)ccc1O. The zero-order chi connectivity index (χ0) is 13.3. The predicted molar refractivity (Wildman–Crippen MR) is 73.2 cm³/mol. The molecule has 0 aliphatic carbocycles. The zero-order valence-corrected chi connectivity index (χ0v) is 10.8. The number of nitrogen functional groups attached to an aromatic ring is 1. The Balaban J connectivity index is 2.37. The fraction of sp³-hybridized carbons (Fsp3) is 0.200. The third kappa shape index (κ3) is 2.40. The van der Waals surface area contributed by atoms with Crippen molar-refractivity contribution in [1.82, 2.24) is 0 Å². The van der Waals surface area contributed by atoms with Gasteiger partial charge in [0.25, 0.3) is 0 Å². The van der Waals surface area contributed by atoms with Crippen LogP contribution >= 0.6 is 0 Å². The third-order valence-electron chi connectivity index (χ3n) is 2.87. The molecule has 3 N–H and O–H groups in total. The highest BCUT2D eigenvalue weighted by Gasteiger charge is 2.07. The van der Waals surface area contributed by atoms with Crippen LogP contribution in [0.4, 0.5) is 5.69 Å². The summed E-state index contributed by atoms with van der Waals surface area (Å²) in [5.74, 6) is 1.80. The molecule has 2 aromatic rings. The van der Waals surface area contributed by atoms with E-state index in [0.29, 0.717) is 5.75 Å². The summed E-state index contributed by atoms with van der Waals surface area (Å²) in [6.45, 7) is 5.77. The number of rotatable bonds is 2. The van der Waals surface area contributed by atoms with Crippen molar-refractivity contribution in [2.75, 3.05) is 5.73 Å². The van der Waals surface area contributed by atoms with Gasteiger partial charge in [-0.05, 0) is 67.8 Å². The molecule has 0 radical (unpaired) electrons. The van der Waals surface area contributed by atoms with Gasteiger partial charge in [0.05, 0.1) is 0 Å². The summed E-state index contributed by atoms with van der Waals surface area (Å²) in [6.07, 6.45) is 0. The van der Waals surface area contributed by atoms with E-state index < -0.39 is 0 Å². The van der Waals surface area contributed by atoms with Crippen molar-refractivity contribution in [3.63, 3.8) is 0 Å². The van der Waals surface area contributed by atoms with E-state index in [0.717, 1.165) is 28.1 Å². The molecule has 0 spiro atoms. The Morgan fingerprint density at radius 1 is 0.944 bits per heavy atom. The van der Waals surface area contributed by atoms with E-state index in [1.54, 1.807) is 12.1 Å². The molecule has 18 heavy (non-hydrogen) atoms. The summed E-state index contributed by atoms with van der Waals surface area (Å²) in [5, 5.41) is 9.48. The van der Waals surface area contributed by atoms with Crippen LogP contribution in [0.5, 0.6) is 17.2 Å². The minimum Gasteiger partial charge on any atom is -0.508 e. The second-order valence-electron chi connectivity index (χ2n) is 4.53. The number of hydrogen-bond donors (Lipinski definition) is 2. The molecule has 2 rings (SSSR count). The molecular formula is C15H17NO2. The largest absolute Gasteiger partial charge is 0.508 e. The maximum atomic E-state index is 9.48. The van der Waals surface area contributed by atoms with E-state index in [4.69, 9.17) is 10.5 Å². The van der Waals surface area contributed by atoms with Gasteiger partial charge in [0.15, 0.2) is 0 Å². The van der Waals surface area contributed by atoms with Crippen LogP contribution in [-0.2, 0) is 0 Å². The highest BCUT2D eigenvalue weighted by Crippen LogP contribution is 2.32. The van der Waals surface area contributed by atoms with Crippen molar-refractivity contribution in [3.8, 4) is 17.2 Å². The zero-order valence-electron chi connectivity index (χ0n) is 10.8. The lowest BCUT2D eigenvalue weighted by Gasteiger charge is -2.13. The van der Waals surface area contributed by atoms with Crippen molar-refractivity contribution in [3.05, 3.63) is 47.0 Å². The van der Waals surface area contributed by atoms with Gasteiger partial charge in [-0.25, -0.2) is 0 Å². The van der Waals surface area contributed by atoms with Crippen LogP contribution < -0.4 is 10.5 Å². The quantitative estimate of drug-likeness (QED) is 0.791. The van der Waals surface area contributed by atoms with Crippen LogP contribution in [-0.4, -0.2) is 5.11 Å². The van der Waals surface area contributed by atoms with Gasteiger partial charge < -0.3 is 15.6 Å². The van der Waals surface area contributed by atoms with Crippen molar-refractivity contribution in [2.45, 2.75) is 20.8 Å². The van der Waals surface area contributed by atoms with Crippen LogP contribution in [0, 0.1) is 20.8 Å². The Morgan fingerprint density at radius 2 is 1.56 bits per heavy atom. The molecule has 0 saturated carbocycles.